The molecule has 0 aromatic heterocycles. The number of hydrogen-bond acceptors (Lipinski definition) is 3. The third-order valence-electron chi connectivity index (χ3n) is 3.10. The van der Waals surface area contributed by atoms with Crippen molar-refractivity contribution in [2.45, 2.75) is 33.6 Å². The zero-order valence-corrected chi connectivity index (χ0v) is 13.0. The zero-order chi connectivity index (χ0) is 15.2. The van der Waals surface area contributed by atoms with Gasteiger partial charge in [0.2, 0.25) is 15.9 Å². The van der Waals surface area contributed by atoms with Crippen molar-refractivity contribution in [3.05, 3.63) is 29.3 Å². The average molecular weight is 298 g/mol. The molecule has 6 heteroatoms. The van der Waals surface area contributed by atoms with Gasteiger partial charge in [-0.15, -0.1) is 0 Å². The third-order valence-corrected chi connectivity index (χ3v) is 4.51. The van der Waals surface area contributed by atoms with Crippen LogP contribution in [-0.4, -0.2) is 26.6 Å². The maximum Gasteiger partial charge on any atom is 0.239 e. The molecule has 0 heterocycles. The van der Waals surface area contributed by atoms with Gasteiger partial charge in [0.1, 0.15) is 0 Å². The quantitative estimate of drug-likeness (QED) is 0.808. The fourth-order valence-electron chi connectivity index (χ4n) is 1.66. The molecule has 0 aliphatic rings. The zero-order valence-electron chi connectivity index (χ0n) is 12.2. The molecule has 0 bridgehead atoms. The molecular weight excluding hydrogens is 276 g/mol. The van der Waals surface area contributed by atoms with E-state index in [2.05, 4.69) is 10.0 Å². The second-order valence-corrected chi connectivity index (χ2v) is 6.72. The molecule has 0 aliphatic heterocycles. The van der Waals surface area contributed by atoms with Gasteiger partial charge in [0.15, 0.2) is 0 Å². The van der Waals surface area contributed by atoms with Gasteiger partial charge in [-0.05, 0) is 37.5 Å². The number of anilines is 1. The van der Waals surface area contributed by atoms with Gasteiger partial charge in [-0.1, -0.05) is 25.5 Å². The lowest BCUT2D eigenvalue weighted by molar-refractivity contribution is -0.115. The monoisotopic (exact) mass is 298 g/mol. The molecule has 0 saturated carbocycles. The molecule has 1 aromatic rings. The topological polar surface area (TPSA) is 75.3 Å². The number of hydrogen-bond donors (Lipinski definition) is 2. The normalized spacial score (nSPS) is 11.3. The second-order valence-electron chi connectivity index (χ2n) is 4.79. The van der Waals surface area contributed by atoms with Gasteiger partial charge < -0.3 is 5.32 Å². The van der Waals surface area contributed by atoms with E-state index in [0.29, 0.717) is 12.1 Å². The summed E-state index contributed by atoms with van der Waals surface area (Å²) < 4.78 is 25.5. The van der Waals surface area contributed by atoms with Crippen molar-refractivity contribution in [2.24, 2.45) is 0 Å². The van der Waals surface area contributed by atoms with E-state index in [-0.39, 0.29) is 18.2 Å². The van der Waals surface area contributed by atoms with Gasteiger partial charge >= 0.3 is 0 Å². The minimum atomic E-state index is -3.36. The standard InChI is InChI=1S/C14H22N2O3S/c1-4-5-9-20(18,19)15-10-14(17)16-13-8-6-7-11(2)12(13)3/h6-8,15H,4-5,9-10H2,1-3H3,(H,16,17). The Kier molecular flexibility index (Phi) is 6.16. The Bertz CT molecular complexity index is 568. The Balaban J connectivity index is 2.54. The Hall–Kier alpha value is -1.40. The minimum Gasteiger partial charge on any atom is -0.325 e. The first kappa shape index (κ1) is 16.7. The molecule has 112 valence electrons. The molecule has 20 heavy (non-hydrogen) atoms. The number of sulfonamides is 1. The highest BCUT2D eigenvalue weighted by Crippen LogP contribution is 2.17. The van der Waals surface area contributed by atoms with E-state index < -0.39 is 10.0 Å². The van der Waals surface area contributed by atoms with Crippen molar-refractivity contribution >= 4 is 21.6 Å². The summed E-state index contributed by atoms with van der Waals surface area (Å²) >= 11 is 0. The Morgan fingerprint density at radius 2 is 1.95 bits per heavy atom. The highest BCUT2D eigenvalue weighted by atomic mass is 32.2. The highest BCUT2D eigenvalue weighted by Gasteiger charge is 2.12. The summed E-state index contributed by atoms with van der Waals surface area (Å²) in [6, 6.07) is 5.60. The van der Waals surface area contributed by atoms with Gasteiger partial charge in [-0.3, -0.25) is 4.79 Å². The second kappa shape index (κ2) is 7.40. The van der Waals surface area contributed by atoms with Crippen molar-refractivity contribution in [3.63, 3.8) is 0 Å². The number of benzene rings is 1. The summed E-state index contributed by atoms with van der Waals surface area (Å²) in [4.78, 5) is 11.8. The summed E-state index contributed by atoms with van der Waals surface area (Å²) in [6.07, 6.45) is 1.39. The van der Waals surface area contributed by atoms with Crippen LogP contribution in [-0.2, 0) is 14.8 Å². The van der Waals surface area contributed by atoms with Crippen molar-refractivity contribution < 1.29 is 13.2 Å². The number of amides is 1. The molecule has 1 amide bonds. The van der Waals surface area contributed by atoms with Crippen LogP contribution in [0.4, 0.5) is 5.69 Å². The molecule has 2 N–H and O–H groups in total. The smallest absolute Gasteiger partial charge is 0.239 e. The first-order valence-electron chi connectivity index (χ1n) is 6.69. The van der Waals surface area contributed by atoms with E-state index in [0.717, 1.165) is 17.5 Å². The Morgan fingerprint density at radius 3 is 2.60 bits per heavy atom. The summed E-state index contributed by atoms with van der Waals surface area (Å²) in [6.45, 7) is 5.55. The van der Waals surface area contributed by atoms with Crippen LogP contribution in [0.3, 0.4) is 0 Å². The first-order valence-corrected chi connectivity index (χ1v) is 8.34. The van der Waals surface area contributed by atoms with E-state index in [4.69, 9.17) is 0 Å². The molecule has 0 aliphatic carbocycles. The maximum absolute atomic E-state index is 11.8. The van der Waals surface area contributed by atoms with Crippen molar-refractivity contribution in [3.8, 4) is 0 Å². The fourth-order valence-corrected chi connectivity index (χ4v) is 2.83. The largest absolute Gasteiger partial charge is 0.325 e. The molecule has 0 spiro atoms. The SMILES string of the molecule is CCCCS(=O)(=O)NCC(=O)Nc1cccc(C)c1C. The molecule has 1 aromatic carbocycles. The molecule has 1 rings (SSSR count). The van der Waals surface area contributed by atoms with Crippen LogP contribution >= 0.6 is 0 Å². The van der Waals surface area contributed by atoms with E-state index in [9.17, 15) is 13.2 Å². The molecule has 0 radical (unpaired) electrons. The number of aryl methyl sites for hydroxylation is 1. The van der Waals surface area contributed by atoms with Crippen LogP contribution in [0.25, 0.3) is 0 Å². The first-order chi connectivity index (χ1) is 9.35. The number of carbonyl (C=O) groups excluding carboxylic acids is 1. The van der Waals surface area contributed by atoms with Crippen LogP contribution in [0.15, 0.2) is 18.2 Å². The highest BCUT2D eigenvalue weighted by molar-refractivity contribution is 7.89. The summed E-state index contributed by atoms with van der Waals surface area (Å²) in [5.41, 5.74) is 2.77. The van der Waals surface area contributed by atoms with Crippen molar-refractivity contribution in [1.29, 1.82) is 0 Å². The van der Waals surface area contributed by atoms with Gasteiger partial charge in [0, 0.05) is 5.69 Å². The van der Waals surface area contributed by atoms with Gasteiger partial charge in [0.25, 0.3) is 0 Å². The molecule has 0 unspecified atom stereocenters. The van der Waals surface area contributed by atoms with Crippen LogP contribution < -0.4 is 10.0 Å². The van der Waals surface area contributed by atoms with Crippen molar-refractivity contribution in [1.82, 2.24) is 4.72 Å². The predicted molar refractivity (Wildman–Crippen MR) is 81.2 cm³/mol. The number of unbranched alkanes of at least 4 members (excludes halogenated alkanes) is 1. The molecular formula is C14H22N2O3S. The van der Waals surface area contributed by atoms with Crippen LogP contribution in [0.2, 0.25) is 0 Å². The molecule has 0 saturated heterocycles. The lowest BCUT2D eigenvalue weighted by Crippen LogP contribution is -2.34. The fraction of sp³-hybridized carbons (Fsp3) is 0.500. The minimum absolute atomic E-state index is 0.0558. The van der Waals surface area contributed by atoms with E-state index in [1.165, 1.54) is 0 Å². The predicted octanol–water partition coefficient (Wildman–Crippen LogP) is 1.96. The molecule has 5 nitrogen and oxygen atoms in total. The van der Waals surface area contributed by atoms with Crippen LogP contribution in [0, 0.1) is 13.8 Å². The Morgan fingerprint density at radius 1 is 1.25 bits per heavy atom. The summed E-state index contributed by atoms with van der Waals surface area (Å²) in [7, 11) is -3.36. The summed E-state index contributed by atoms with van der Waals surface area (Å²) in [5.74, 6) is -0.306. The summed E-state index contributed by atoms with van der Waals surface area (Å²) in [5, 5.41) is 2.71. The Labute approximate surface area is 120 Å². The lowest BCUT2D eigenvalue weighted by atomic mass is 10.1. The van der Waals surface area contributed by atoms with E-state index >= 15 is 0 Å². The average Bonchev–Trinajstić information content (AvgIpc) is 2.40. The third kappa shape index (κ3) is 5.30. The van der Waals surface area contributed by atoms with Crippen molar-refractivity contribution in [2.75, 3.05) is 17.6 Å². The maximum atomic E-state index is 11.8. The van der Waals surface area contributed by atoms with Gasteiger partial charge in [-0.2, -0.15) is 0 Å². The van der Waals surface area contributed by atoms with Gasteiger partial charge in [-0.25, -0.2) is 13.1 Å². The number of carbonyl (C=O) groups is 1. The molecule has 0 fully saturated rings. The lowest BCUT2D eigenvalue weighted by Gasteiger charge is -2.11. The number of nitrogens with one attached hydrogen (secondary N) is 2. The molecule has 0 atom stereocenters. The van der Waals surface area contributed by atoms with E-state index in [1.54, 1.807) is 6.07 Å². The van der Waals surface area contributed by atoms with Crippen LogP contribution in [0.1, 0.15) is 30.9 Å². The van der Waals surface area contributed by atoms with Crippen LogP contribution in [0.5, 0.6) is 0 Å². The number of rotatable bonds is 7. The van der Waals surface area contributed by atoms with E-state index in [1.807, 2.05) is 32.9 Å². The van der Waals surface area contributed by atoms with Gasteiger partial charge in [0.05, 0.1) is 12.3 Å².